The summed E-state index contributed by atoms with van der Waals surface area (Å²) >= 11 is 0. The van der Waals surface area contributed by atoms with E-state index in [9.17, 15) is 4.79 Å². The van der Waals surface area contributed by atoms with Crippen molar-refractivity contribution in [3.05, 3.63) is 0 Å². The Morgan fingerprint density at radius 3 is 2.50 bits per heavy atom. The van der Waals surface area contributed by atoms with Crippen LogP contribution in [0, 0.1) is 5.92 Å². The van der Waals surface area contributed by atoms with Crippen molar-refractivity contribution in [1.82, 2.24) is 10.2 Å². The molecule has 2 rings (SSSR count). The largest absolute Gasteiger partial charge is 0.378 e. The van der Waals surface area contributed by atoms with Crippen LogP contribution in [0.5, 0.6) is 0 Å². The van der Waals surface area contributed by atoms with Crippen molar-refractivity contribution in [1.29, 1.82) is 0 Å². The molecule has 4 nitrogen and oxygen atoms in total. The molecule has 1 amide bonds. The van der Waals surface area contributed by atoms with Crippen molar-refractivity contribution < 1.29 is 9.53 Å². The molecule has 0 bridgehead atoms. The number of carbonyl (C=O) groups excluding carboxylic acids is 1. The highest BCUT2D eigenvalue weighted by Crippen LogP contribution is 2.30. The van der Waals surface area contributed by atoms with Gasteiger partial charge in [-0.3, -0.25) is 4.79 Å². The van der Waals surface area contributed by atoms with E-state index < -0.39 is 0 Å². The van der Waals surface area contributed by atoms with E-state index in [1.54, 1.807) is 0 Å². The van der Waals surface area contributed by atoms with E-state index in [-0.39, 0.29) is 18.3 Å². The standard InChI is InChI=1S/C13H24N2O2.ClH/c1-14-7-4-13(16)15-8-5-12(6-9-15)17-10-11-2-3-11;/h11-12,14H,2-10H2,1H3;1H. The summed E-state index contributed by atoms with van der Waals surface area (Å²) in [6.45, 7) is 3.46. The molecule has 0 radical (unpaired) electrons. The second-order valence-corrected chi connectivity index (χ2v) is 5.21. The van der Waals surface area contributed by atoms with Crippen molar-refractivity contribution in [3.8, 4) is 0 Å². The number of ether oxygens (including phenoxy) is 1. The number of halogens is 1. The molecule has 1 saturated carbocycles. The molecule has 0 aromatic heterocycles. The van der Waals surface area contributed by atoms with Crippen LogP contribution in [-0.4, -0.2) is 50.2 Å². The first-order valence-corrected chi connectivity index (χ1v) is 6.83. The fourth-order valence-corrected chi connectivity index (χ4v) is 2.22. The van der Waals surface area contributed by atoms with Gasteiger partial charge in [-0.1, -0.05) is 0 Å². The molecule has 0 aromatic carbocycles. The van der Waals surface area contributed by atoms with Gasteiger partial charge in [-0.05, 0) is 38.6 Å². The highest BCUT2D eigenvalue weighted by Gasteiger charge is 2.26. The monoisotopic (exact) mass is 276 g/mol. The summed E-state index contributed by atoms with van der Waals surface area (Å²) in [7, 11) is 1.88. The fraction of sp³-hybridized carbons (Fsp3) is 0.923. The zero-order chi connectivity index (χ0) is 12.1. The van der Waals surface area contributed by atoms with Crippen LogP contribution in [-0.2, 0) is 9.53 Å². The predicted molar refractivity (Wildman–Crippen MR) is 74.1 cm³/mol. The molecule has 1 aliphatic carbocycles. The Morgan fingerprint density at radius 1 is 1.28 bits per heavy atom. The molecule has 106 valence electrons. The maximum absolute atomic E-state index is 11.8. The minimum atomic E-state index is 0. The Labute approximate surface area is 116 Å². The quantitative estimate of drug-likeness (QED) is 0.798. The van der Waals surface area contributed by atoms with Crippen LogP contribution in [0.25, 0.3) is 0 Å². The molecule has 1 aliphatic heterocycles. The minimum absolute atomic E-state index is 0. The Balaban J connectivity index is 0.00000162. The van der Waals surface area contributed by atoms with E-state index in [0.29, 0.717) is 12.5 Å². The first-order valence-electron chi connectivity index (χ1n) is 6.83. The molecule has 0 aromatic rings. The zero-order valence-electron chi connectivity index (χ0n) is 11.2. The maximum atomic E-state index is 11.8. The zero-order valence-corrected chi connectivity index (χ0v) is 12.0. The first kappa shape index (κ1) is 15.7. The Bertz CT molecular complexity index is 251. The van der Waals surface area contributed by atoms with Gasteiger partial charge in [0, 0.05) is 32.7 Å². The lowest BCUT2D eigenvalue weighted by molar-refractivity contribution is -0.133. The number of amides is 1. The Hall–Kier alpha value is -0.320. The summed E-state index contributed by atoms with van der Waals surface area (Å²) in [6.07, 6.45) is 5.73. The van der Waals surface area contributed by atoms with Crippen LogP contribution in [0.3, 0.4) is 0 Å². The molecule has 0 spiro atoms. The van der Waals surface area contributed by atoms with Gasteiger partial charge in [0.1, 0.15) is 0 Å². The second kappa shape index (κ2) is 7.97. The highest BCUT2D eigenvalue weighted by atomic mass is 35.5. The maximum Gasteiger partial charge on any atom is 0.223 e. The third-order valence-corrected chi connectivity index (χ3v) is 3.65. The number of nitrogens with zero attached hydrogens (tertiary/aromatic N) is 1. The van der Waals surface area contributed by atoms with Gasteiger partial charge in [0.2, 0.25) is 5.91 Å². The van der Waals surface area contributed by atoms with Crippen LogP contribution in [0.1, 0.15) is 32.1 Å². The fourth-order valence-electron chi connectivity index (χ4n) is 2.22. The van der Waals surface area contributed by atoms with Gasteiger partial charge in [-0.15, -0.1) is 12.4 Å². The lowest BCUT2D eigenvalue weighted by Gasteiger charge is -2.32. The Morgan fingerprint density at radius 2 is 1.94 bits per heavy atom. The summed E-state index contributed by atoms with van der Waals surface area (Å²) in [4.78, 5) is 13.8. The van der Waals surface area contributed by atoms with Crippen molar-refractivity contribution in [2.24, 2.45) is 5.92 Å². The highest BCUT2D eigenvalue weighted by molar-refractivity contribution is 5.85. The summed E-state index contributed by atoms with van der Waals surface area (Å²) in [6, 6.07) is 0. The number of rotatable bonds is 6. The topological polar surface area (TPSA) is 41.6 Å². The number of nitrogens with one attached hydrogen (secondary N) is 1. The normalized spacial score (nSPS) is 20.6. The van der Waals surface area contributed by atoms with Gasteiger partial charge < -0.3 is 15.0 Å². The molecule has 0 unspecified atom stereocenters. The van der Waals surface area contributed by atoms with Gasteiger partial charge in [0.05, 0.1) is 6.10 Å². The van der Waals surface area contributed by atoms with E-state index in [2.05, 4.69) is 5.32 Å². The number of hydrogen-bond acceptors (Lipinski definition) is 3. The number of hydrogen-bond donors (Lipinski definition) is 1. The van der Waals surface area contributed by atoms with Crippen molar-refractivity contribution >= 4 is 18.3 Å². The van der Waals surface area contributed by atoms with Crippen molar-refractivity contribution in [2.45, 2.75) is 38.2 Å². The van der Waals surface area contributed by atoms with Crippen molar-refractivity contribution in [2.75, 3.05) is 33.3 Å². The van der Waals surface area contributed by atoms with E-state index in [0.717, 1.165) is 45.0 Å². The van der Waals surface area contributed by atoms with Crippen molar-refractivity contribution in [3.63, 3.8) is 0 Å². The number of likely N-dealkylation sites (tertiary alicyclic amines) is 1. The van der Waals surface area contributed by atoms with Gasteiger partial charge in [0.15, 0.2) is 0 Å². The second-order valence-electron chi connectivity index (χ2n) is 5.21. The molecule has 5 heteroatoms. The third kappa shape index (κ3) is 5.12. The molecule has 1 N–H and O–H groups in total. The van der Waals surface area contributed by atoms with Gasteiger partial charge in [-0.2, -0.15) is 0 Å². The average Bonchev–Trinajstić information content (AvgIpc) is 3.18. The molecular weight excluding hydrogens is 252 g/mol. The molecule has 2 aliphatic rings. The predicted octanol–water partition coefficient (Wildman–Crippen LogP) is 1.44. The molecule has 18 heavy (non-hydrogen) atoms. The van der Waals surface area contributed by atoms with Gasteiger partial charge in [-0.25, -0.2) is 0 Å². The smallest absolute Gasteiger partial charge is 0.223 e. The number of carbonyl (C=O) groups is 1. The minimum Gasteiger partial charge on any atom is -0.378 e. The summed E-state index contributed by atoms with van der Waals surface area (Å²) in [5.74, 6) is 1.12. The summed E-state index contributed by atoms with van der Waals surface area (Å²) in [5, 5.41) is 3.01. The van der Waals surface area contributed by atoms with E-state index >= 15 is 0 Å². The van der Waals surface area contributed by atoms with Crippen LogP contribution in [0.15, 0.2) is 0 Å². The van der Waals surface area contributed by atoms with Gasteiger partial charge in [0.25, 0.3) is 0 Å². The molecule has 1 saturated heterocycles. The summed E-state index contributed by atoms with van der Waals surface area (Å²) in [5.41, 5.74) is 0. The summed E-state index contributed by atoms with van der Waals surface area (Å²) < 4.78 is 5.87. The van der Waals surface area contributed by atoms with E-state index in [1.807, 2.05) is 11.9 Å². The molecule has 2 fully saturated rings. The average molecular weight is 277 g/mol. The van der Waals surface area contributed by atoms with E-state index in [4.69, 9.17) is 4.74 Å². The SMILES string of the molecule is CNCCC(=O)N1CCC(OCC2CC2)CC1.Cl. The number of piperidine rings is 1. The van der Waals surface area contributed by atoms with Gasteiger partial charge >= 0.3 is 0 Å². The van der Waals surface area contributed by atoms with E-state index in [1.165, 1.54) is 12.8 Å². The Kier molecular flexibility index (Phi) is 6.97. The lowest BCUT2D eigenvalue weighted by atomic mass is 10.1. The molecular formula is C13H25ClN2O2. The van der Waals surface area contributed by atoms with Crippen LogP contribution >= 0.6 is 12.4 Å². The third-order valence-electron chi connectivity index (χ3n) is 3.65. The lowest BCUT2D eigenvalue weighted by Crippen LogP contribution is -2.41. The van der Waals surface area contributed by atoms with Crippen LogP contribution in [0.2, 0.25) is 0 Å². The first-order chi connectivity index (χ1) is 8.29. The van der Waals surface area contributed by atoms with Crippen LogP contribution < -0.4 is 5.32 Å². The molecule has 0 atom stereocenters. The van der Waals surface area contributed by atoms with Crippen LogP contribution in [0.4, 0.5) is 0 Å². The molecule has 1 heterocycles.